The van der Waals surface area contributed by atoms with Crippen LogP contribution in [0.15, 0.2) is 36.4 Å². The lowest BCUT2D eigenvalue weighted by atomic mass is 10.2. The van der Waals surface area contributed by atoms with Gasteiger partial charge in [-0.3, -0.25) is 20.2 Å². The van der Waals surface area contributed by atoms with Crippen molar-refractivity contribution in [3.8, 4) is 0 Å². The maximum absolute atomic E-state index is 12.3. The van der Waals surface area contributed by atoms with E-state index < -0.39 is 10.8 Å². The van der Waals surface area contributed by atoms with Gasteiger partial charge in [-0.25, -0.2) is 4.98 Å². The molecule has 0 aliphatic carbocycles. The van der Waals surface area contributed by atoms with Gasteiger partial charge in [-0.05, 0) is 36.5 Å². The summed E-state index contributed by atoms with van der Waals surface area (Å²) in [5.41, 5.74) is 0.431. The van der Waals surface area contributed by atoms with Gasteiger partial charge in [-0.2, -0.15) is 0 Å². The van der Waals surface area contributed by atoms with Crippen molar-refractivity contribution < 1.29 is 9.72 Å². The largest absolute Gasteiger partial charge is 0.308 e. The van der Waals surface area contributed by atoms with Crippen LogP contribution < -0.4 is 10.6 Å². The van der Waals surface area contributed by atoms with Crippen LogP contribution in [-0.4, -0.2) is 20.9 Å². The van der Waals surface area contributed by atoms with Gasteiger partial charge in [0, 0.05) is 17.2 Å². The number of fused-ring (bicyclic) bond motifs is 1. The molecule has 0 radical (unpaired) electrons. The van der Waals surface area contributed by atoms with Crippen LogP contribution in [0.2, 0.25) is 10.0 Å². The number of anilines is 1. The van der Waals surface area contributed by atoms with Crippen LogP contribution in [0.5, 0.6) is 0 Å². The molecule has 7 nitrogen and oxygen atoms in total. The average Bonchev–Trinajstić information content (AvgIpc) is 2.95. The number of carbonyl (C=O) groups excluding carboxylic acids is 1. The lowest BCUT2D eigenvalue weighted by Crippen LogP contribution is -2.34. The molecular weight excluding hydrogens is 419 g/mol. The van der Waals surface area contributed by atoms with Crippen LogP contribution in [-0.2, 0) is 0 Å². The van der Waals surface area contributed by atoms with Gasteiger partial charge in [0.25, 0.3) is 11.6 Å². The number of aromatic nitrogens is 1. The Labute approximate surface area is 166 Å². The molecule has 11 heteroatoms. The highest BCUT2D eigenvalue weighted by molar-refractivity contribution is 7.80. The van der Waals surface area contributed by atoms with E-state index in [1.165, 1.54) is 23.5 Å². The molecule has 0 saturated carbocycles. The standard InChI is InChI=1S/C15H8Cl2N4O3S2/c16-7-1-4-11-12(5-7)26-15(18-11)20-14(25)19-13(22)9-6-8(21(23)24)2-3-10(9)17/h1-6H,(H2,18,19,20,22,25). The highest BCUT2D eigenvalue weighted by Crippen LogP contribution is 2.28. The summed E-state index contributed by atoms with van der Waals surface area (Å²) in [6.07, 6.45) is 0. The number of benzene rings is 2. The van der Waals surface area contributed by atoms with Crippen LogP contribution in [0.4, 0.5) is 10.8 Å². The number of thiazole rings is 1. The van der Waals surface area contributed by atoms with Crippen molar-refractivity contribution >= 4 is 78.8 Å². The summed E-state index contributed by atoms with van der Waals surface area (Å²) in [7, 11) is 0. The molecule has 0 unspecified atom stereocenters. The second-order valence-corrected chi connectivity index (χ2v) is 7.24. The molecule has 2 aromatic carbocycles. The molecule has 0 saturated heterocycles. The number of carbonyl (C=O) groups is 1. The van der Waals surface area contributed by atoms with E-state index in [0.29, 0.717) is 10.2 Å². The number of nitro groups is 1. The number of non-ortho nitro benzene ring substituents is 1. The third kappa shape index (κ3) is 4.07. The zero-order valence-electron chi connectivity index (χ0n) is 12.7. The summed E-state index contributed by atoms with van der Waals surface area (Å²) in [6.45, 7) is 0. The van der Waals surface area contributed by atoms with Crippen molar-refractivity contribution in [2.24, 2.45) is 0 Å². The molecule has 1 aromatic heterocycles. The molecule has 0 aliphatic heterocycles. The number of nitrogens with zero attached hydrogens (tertiary/aromatic N) is 2. The number of thiocarbonyl (C=S) groups is 1. The highest BCUT2D eigenvalue weighted by Gasteiger charge is 2.17. The van der Waals surface area contributed by atoms with Gasteiger partial charge >= 0.3 is 0 Å². The molecular formula is C15H8Cl2N4O3S2. The fourth-order valence-corrected chi connectivity index (χ4v) is 3.66. The van der Waals surface area contributed by atoms with Crippen molar-refractivity contribution in [1.29, 1.82) is 0 Å². The van der Waals surface area contributed by atoms with Crippen molar-refractivity contribution in [2.45, 2.75) is 0 Å². The predicted octanol–water partition coefficient (Wildman–Crippen LogP) is 4.64. The van der Waals surface area contributed by atoms with Gasteiger partial charge < -0.3 is 5.32 Å². The van der Waals surface area contributed by atoms with Crippen LogP contribution in [0, 0.1) is 10.1 Å². The number of nitro benzene ring substituents is 1. The quantitative estimate of drug-likeness (QED) is 0.359. The SMILES string of the molecule is O=C(NC(=S)Nc1nc2ccc(Cl)cc2s1)c1cc([N+](=O)[O-])ccc1Cl. The number of nitrogens with one attached hydrogen (secondary N) is 2. The maximum atomic E-state index is 12.3. The minimum atomic E-state index is -0.666. The summed E-state index contributed by atoms with van der Waals surface area (Å²) in [6, 6.07) is 8.83. The van der Waals surface area contributed by atoms with Gasteiger partial charge in [-0.15, -0.1) is 0 Å². The summed E-state index contributed by atoms with van der Waals surface area (Å²) in [4.78, 5) is 26.8. The van der Waals surface area contributed by atoms with Crippen molar-refractivity contribution in [1.82, 2.24) is 10.3 Å². The topological polar surface area (TPSA) is 97.2 Å². The normalized spacial score (nSPS) is 10.5. The molecule has 26 heavy (non-hydrogen) atoms. The predicted molar refractivity (Wildman–Crippen MR) is 106 cm³/mol. The summed E-state index contributed by atoms with van der Waals surface area (Å²) in [5.74, 6) is -0.666. The smallest absolute Gasteiger partial charge is 0.270 e. The van der Waals surface area contributed by atoms with Crippen LogP contribution in [0.1, 0.15) is 10.4 Å². The van der Waals surface area contributed by atoms with E-state index in [2.05, 4.69) is 15.6 Å². The van der Waals surface area contributed by atoms with E-state index in [-0.39, 0.29) is 21.4 Å². The van der Waals surface area contributed by atoms with E-state index in [0.717, 1.165) is 16.3 Å². The van der Waals surface area contributed by atoms with E-state index in [4.69, 9.17) is 35.4 Å². The molecule has 0 bridgehead atoms. The fraction of sp³-hybridized carbons (Fsp3) is 0. The van der Waals surface area contributed by atoms with Crippen LogP contribution in [0.3, 0.4) is 0 Å². The Hall–Kier alpha value is -2.33. The van der Waals surface area contributed by atoms with Gasteiger partial charge in [-0.1, -0.05) is 34.5 Å². The molecule has 1 amide bonds. The molecule has 0 spiro atoms. The molecule has 0 fully saturated rings. The van der Waals surface area contributed by atoms with Gasteiger partial charge in [0.05, 0.1) is 25.7 Å². The highest BCUT2D eigenvalue weighted by atomic mass is 35.5. The van der Waals surface area contributed by atoms with Gasteiger partial charge in [0.15, 0.2) is 10.2 Å². The van der Waals surface area contributed by atoms with E-state index in [9.17, 15) is 14.9 Å². The molecule has 0 aliphatic rings. The Morgan fingerprint density at radius 1 is 1.23 bits per heavy atom. The average molecular weight is 427 g/mol. The zero-order chi connectivity index (χ0) is 18.8. The van der Waals surface area contributed by atoms with Crippen molar-refractivity contribution in [3.05, 3.63) is 62.1 Å². The summed E-state index contributed by atoms with van der Waals surface area (Å²) >= 11 is 18.3. The van der Waals surface area contributed by atoms with E-state index in [1.54, 1.807) is 18.2 Å². The Bertz CT molecular complexity index is 1050. The van der Waals surface area contributed by atoms with Crippen LogP contribution in [0.25, 0.3) is 10.2 Å². The van der Waals surface area contributed by atoms with Crippen molar-refractivity contribution in [3.63, 3.8) is 0 Å². The lowest BCUT2D eigenvalue weighted by molar-refractivity contribution is -0.384. The molecule has 132 valence electrons. The van der Waals surface area contributed by atoms with Gasteiger partial charge in [0.2, 0.25) is 0 Å². The lowest BCUT2D eigenvalue weighted by Gasteiger charge is -2.08. The van der Waals surface area contributed by atoms with Crippen molar-refractivity contribution in [2.75, 3.05) is 5.32 Å². The van der Waals surface area contributed by atoms with E-state index >= 15 is 0 Å². The number of hydrogen-bond acceptors (Lipinski definition) is 6. The first-order valence-corrected chi connectivity index (χ1v) is 8.94. The molecule has 1 heterocycles. The number of halogens is 2. The Morgan fingerprint density at radius 2 is 2.00 bits per heavy atom. The minimum absolute atomic E-state index is 0.0114. The zero-order valence-corrected chi connectivity index (χ0v) is 15.8. The second kappa shape index (κ2) is 7.50. The Balaban J connectivity index is 1.73. The van der Waals surface area contributed by atoms with Gasteiger partial charge in [0.1, 0.15) is 0 Å². The molecule has 0 atom stereocenters. The maximum Gasteiger partial charge on any atom is 0.270 e. The summed E-state index contributed by atoms with van der Waals surface area (Å²) in [5, 5.41) is 17.2. The molecule has 2 N–H and O–H groups in total. The number of rotatable bonds is 3. The first kappa shape index (κ1) is 18.5. The number of amides is 1. The third-order valence-corrected chi connectivity index (χ3v) is 4.91. The molecule has 3 aromatic rings. The van der Waals surface area contributed by atoms with Crippen LogP contribution >= 0.6 is 46.8 Å². The third-order valence-electron chi connectivity index (χ3n) is 3.20. The molecule has 3 rings (SSSR count). The second-order valence-electron chi connectivity index (χ2n) is 4.96. The first-order valence-electron chi connectivity index (χ1n) is 6.96. The Morgan fingerprint density at radius 3 is 2.73 bits per heavy atom. The minimum Gasteiger partial charge on any atom is -0.308 e. The Kier molecular flexibility index (Phi) is 5.33. The fourth-order valence-electron chi connectivity index (χ4n) is 2.05. The monoisotopic (exact) mass is 426 g/mol. The number of hydrogen-bond donors (Lipinski definition) is 2. The first-order chi connectivity index (χ1) is 12.3. The summed E-state index contributed by atoms with van der Waals surface area (Å²) < 4.78 is 0.857. The van der Waals surface area contributed by atoms with E-state index in [1.807, 2.05) is 0 Å².